The Kier molecular flexibility index (Phi) is 10.3. The maximum Gasteiger partial charge on any atom is 0.308 e. The first-order valence-corrected chi connectivity index (χ1v) is 10.5. The zero-order chi connectivity index (χ0) is 19.7. The van der Waals surface area contributed by atoms with E-state index in [1.54, 1.807) is 0 Å². The average Bonchev–Trinajstić information content (AvgIpc) is 2.56. The lowest BCUT2D eigenvalue weighted by atomic mass is 9.82. The normalized spacial score (nSPS) is 22.9. The third-order valence-electron chi connectivity index (χ3n) is 5.16. The summed E-state index contributed by atoms with van der Waals surface area (Å²) < 4.78 is 11.0. The molecule has 0 heterocycles. The van der Waals surface area contributed by atoms with Crippen molar-refractivity contribution in [1.29, 1.82) is 0 Å². The molecule has 1 aliphatic carbocycles. The van der Waals surface area contributed by atoms with Crippen LogP contribution in [0.15, 0.2) is 0 Å². The van der Waals surface area contributed by atoms with Crippen LogP contribution >= 0.6 is 0 Å². The van der Waals surface area contributed by atoms with Crippen LogP contribution in [-0.4, -0.2) is 25.2 Å². The Labute approximate surface area is 160 Å². The van der Waals surface area contributed by atoms with Crippen molar-refractivity contribution < 1.29 is 19.1 Å². The van der Waals surface area contributed by atoms with Gasteiger partial charge in [-0.25, -0.2) is 0 Å². The van der Waals surface area contributed by atoms with Gasteiger partial charge in [-0.15, -0.1) is 0 Å². The summed E-state index contributed by atoms with van der Waals surface area (Å²) in [7, 11) is 0. The van der Waals surface area contributed by atoms with E-state index < -0.39 is 0 Å². The standard InChI is InChI=1S/C22H40O4/c1-15(2)11-17(5)13-25-21(23)19-7-9-20(10-8-19)22(24)26-14-18(6)12-16(3)4/h15-20H,7-14H2,1-6H3. The van der Waals surface area contributed by atoms with Crippen molar-refractivity contribution in [2.45, 2.75) is 80.1 Å². The van der Waals surface area contributed by atoms with E-state index in [4.69, 9.17) is 9.47 Å². The molecule has 1 aliphatic rings. The van der Waals surface area contributed by atoms with Crippen molar-refractivity contribution in [3.05, 3.63) is 0 Å². The summed E-state index contributed by atoms with van der Waals surface area (Å²) in [5, 5.41) is 0. The lowest BCUT2D eigenvalue weighted by Gasteiger charge is -2.27. The molecule has 4 nitrogen and oxygen atoms in total. The molecule has 0 aromatic rings. The van der Waals surface area contributed by atoms with Gasteiger partial charge in [0, 0.05) is 0 Å². The van der Waals surface area contributed by atoms with Crippen LogP contribution < -0.4 is 0 Å². The highest BCUT2D eigenvalue weighted by atomic mass is 16.5. The Morgan fingerprint density at radius 2 is 1.00 bits per heavy atom. The van der Waals surface area contributed by atoms with Gasteiger partial charge in [0.15, 0.2) is 0 Å². The second kappa shape index (κ2) is 11.6. The Balaban J connectivity index is 2.26. The van der Waals surface area contributed by atoms with Crippen molar-refractivity contribution in [3.63, 3.8) is 0 Å². The lowest BCUT2D eigenvalue weighted by molar-refractivity contribution is -0.156. The fraction of sp³-hybridized carbons (Fsp3) is 0.909. The second-order valence-electron chi connectivity index (χ2n) is 9.28. The predicted octanol–water partition coefficient (Wildman–Crippen LogP) is 5.24. The summed E-state index contributed by atoms with van der Waals surface area (Å²) in [6.07, 6.45) is 5.08. The maximum absolute atomic E-state index is 12.2. The Morgan fingerprint density at radius 1 is 0.692 bits per heavy atom. The smallest absolute Gasteiger partial charge is 0.308 e. The summed E-state index contributed by atoms with van der Waals surface area (Å²) >= 11 is 0. The molecular formula is C22H40O4. The Bertz CT molecular complexity index is 382. The molecular weight excluding hydrogens is 328 g/mol. The molecule has 0 aromatic carbocycles. The topological polar surface area (TPSA) is 52.6 Å². The minimum Gasteiger partial charge on any atom is -0.465 e. The number of ether oxygens (including phenoxy) is 2. The van der Waals surface area contributed by atoms with E-state index in [2.05, 4.69) is 41.5 Å². The molecule has 1 saturated carbocycles. The molecule has 0 bridgehead atoms. The number of rotatable bonds is 10. The van der Waals surface area contributed by atoms with Gasteiger partial charge < -0.3 is 9.47 Å². The van der Waals surface area contributed by atoms with Gasteiger partial charge in [0.05, 0.1) is 25.0 Å². The van der Waals surface area contributed by atoms with Gasteiger partial charge in [0.25, 0.3) is 0 Å². The molecule has 2 unspecified atom stereocenters. The number of hydrogen-bond acceptors (Lipinski definition) is 4. The van der Waals surface area contributed by atoms with E-state index in [0.717, 1.165) is 38.5 Å². The summed E-state index contributed by atoms with van der Waals surface area (Å²) in [4.78, 5) is 24.5. The Hall–Kier alpha value is -1.06. The Morgan fingerprint density at radius 3 is 1.27 bits per heavy atom. The van der Waals surface area contributed by atoms with Crippen LogP contribution in [0, 0.1) is 35.5 Å². The van der Waals surface area contributed by atoms with E-state index in [9.17, 15) is 9.59 Å². The van der Waals surface area contributed by atoms with Crippen LogP contribution in [0.3, 0.4) is 0 Å². The van der Waals surface area contributed by atoms with E-state index in [1.807, 2.05) is 0 Å². The molecule has 2 atom stereocenters. The van der Waals surface area contributed by atoms with Gasteiger partial charge in [0.2, 0.25) is 0 Å². The first-order chi connectivity index (χ1) is 12.2. The molecule has 0 aromatic heterocycles. The molecule has 1 fully saturated rings. The molecule has 1 rings (SSSR count). The molecule has 0 aliphatic heterocycles. The van der Waals surface area contributed by atoms with E-state index in [0.29, 0.717) is 36.9 Å². The predicted molar refractivity (Wildman–Crippen MR) is 105 cm³/mol. The number of carbonyl (C=O) groups excluding carboxylic acids is 2. The number of hydrogen-bond donors (Lipinski definition) is 0. The highest BCUT2D eigenvalue weighted by Crippen LogP contribution is 2.31. The summed E-state index contributed by atoms with van der Waals surface area (Å²) in [6, 6.07) is 0. The highest BCUT2D eigenvalue weighted by molar-refractivity contribution is 5.75. The van der Waals surface area contributed by atoms with Crippen LogP contribution in [-0.2, 0) is 19.1 Å². The van der Waals surface area contributed by atoms with Gasteiger partial charge in [-0.2, -0.15) is 0 Å². The first kappa shape index (κ1) is 23.0. The quantitative estimate of drug-likeness (QED) is 0.495. The van der Waals surface area contributed by atoms with Gasteiger partial charge >= 0.3 is 11.9 Å². The van der Waals surface area contributed by atoms with Crippen molar-refractivity contribution in [1.82, 2.24) is 0 Å². The third-order valence-corrected chi connectivity index (χ3v) is 5.16. The first-order valence-electron chi connectivity index (χ1n) is 10.5. The summed E-state index contributed by atoms with van der Waals surface area (Å²) in [5.41, 5.74) is 0. The highest BCUT2D eigenvalue weighted by Gasteiger charge is 2.32. The minimum absolute atomic E-state index is 0.0508. The van der Waals surface area contributed by atoms with Gasteiger partial charge in [-0.05, 0) is 62.2 Å². The van der Waals surface area contributed by atoms with Crippen molar-refractivity contribution >= 4 is 11.9 Å². The van der Waals surface area contributed by atoms with Crippen molar-refractivity contribution in [3.8, 4) is 0 Å². The average molecular weight is 369 g/mol. The molecule has 0 saturated heterocycles. The van der Waals surface area contributed by atoms with Crippen LogP contribution in [0.4, 0.5) is 0 Å². The minimum atomic E-state index is -0.0852. The molecule has 0 spiro atoms. The van der Waals surface area contributed by atoms with E-state index >= 15 is 0 Å². The lowest BCUT2D eigenvalue weighted by Crippen LogP contribution is -2.29. The fourth-order valence-electron chi connectivity index (χ4n) is 3.99. The molecule has 26 heavy (non-hydrogen) atoms. The second-order valence-corrected chi connectivity index (χ2v) is 9.28. The largest absolute Gasteiger partial charge is 0.465 e. The van der Waals surface area contributed by atoms with Gasteiger partial charge in [-0.1, -0.05) is 41.5 Å². The van der Waals surface area contributed by atoms with E-state index in [-0.39, 0.29) is 23.8 Å². The maximum atomic E-state index is 12.2. The molecule has 0 amide bonds. The zero-order valence-corrected chi connectivity index (χ0v) is 17.8. The number of carbonyl (C=O) groups is 2. The summed E-state index contributed by atoms with van der Waals surface area (Å²) in [6.45, 7) is 14.0. The third kappa shape index (κ3) is 9.05. The summed E-state index contributed by atoms with van der Waals surface area (Å²) in [5.74, 6) is 1.77. The monoisotopic (exact) mass is 368 g/mol. The van der Waals surface area contributed by atoms with Crippen LogP contribution in [0.1, 0.15) is 80.1 Å². The molecule has 0 N–H and O–H groups in total. The SMILES string of the molecule is CC(C)CC(C)COC(=O)C1CCC(C(=O)OCC(C)CC(C)C)CC1. The van der Waals surface area contributed by atoms with Crippen molar-refractivity contribution in [2.75, 3.05) is 13.2 Å². The zero-order valence-electron chi connectivity index (χ0n) is 17.8. The fourth-order valence-corrected chi connectivity index (χ4v) is 3.99. The molecule has 152 valence electrons. The van der Waals surface area contributed by atoms with Gasteiger partial charge in [0.1, 0.15) is 0 Å². The van der Waals surface area contributed by atoms with Crippen LogP contribution in [0.2, 0.25) is 0 Å². The van der Waals surface area contributed by atoms with E-state index in [1.165, 1.54) is 0 Å². The number of esters is 2. The molecule has 4 heteroatoms. The van der Waals surface area contributed by atoms with Crippen LogP contribution in [0.25, 0.3) is 0 Å². The molecule has 0 radical (unpaired) electrons. The van der Waals surface area contributed by atoms with Gasteiger partial charge in [-0.3, -0.25) is 9.59 Å². The van der Waals surface area contributed by atoms with Crippen molar-refractivity contribution in [2.24, 2.45) is 35.5 Å². The van der Waals surface area contributed by atoms with Crippen LogP contribution in [0.5, 0.6) is 0 Å².